The number of aryl methyl sites for hydroxylation is 2. The van der Waals surface area contributed by atoms with Gasteiger partial charge in [-0.2, -0.15) is 0 Å². The Labute approximate surface area is 160 Å². The van der Waals surface area contributed by atoms with E-state index in [1.807, 2.05) is 36.7 Å². The Bertz CT molecular complexity index is 1220. The van der Waals surface area contributed by atoms with Gasteiger partial charge in [0.25, 0.3) is 0 Å². The van der Waals surface area contributed by atoms with Gasteiger partial charge in [-0.05, 0) is 67.3 Å². The molecule has 136 valence electrons. The van der Waals surface area contributed by atoms with E-state index in [9.17, 15) is 4.39 Å². The summed E-state index contributed by atoms with van der Waals surface area (Å²) in [7, 11) is 0. The van der Waals surface area contributed by atoms with Crippen molar-refractivity contribution in [2.75, 3.05) is 13.1 Å². The zero-order valence-electron chi connectivity index (χ0n) is 15.2. The van der Waals surface area contributed by atoms with E-state index >= 15 is 0 Å². The number of halogens is 1. The largest absolute Gasteiger partial charge is 0.313 e. The monoisotopic (exact) mass is 378 g/mol. The molecule has 4 heterocycles. The molecule has 3 aromatic heterocycles. The summed E-state index contributed by atoms with van der Waals surface area (Å²) in [6.45, 7) is 5.81. The highest BCUT2D eigenvalue weighted by Crippen LogP contribution is 2.34. The third-order valence-electron chi connectivity index (χ3n) is 4.98. The molecule has 1 N–H and O–H groups in total. The van der Waals surface area contributed by atoms with Crippen LogP contribution in [0.2, 0.25) is 0 Å². The van der Waals surface area contributed by atoms with E-state index in [0.717, 1.165) is 57.2 Å². The van der Waals surface area contributed by atoms with Crippen molar-refractivity contribution in [1.29, 1.82) is 0 Å². The topological polar surface area (TPSA) is 42.2 Å². The highest BCUT2D eigenvalue weighted by molar-refractivity contribution is 7.19. The number of thiazole rings is 1. The van der Waals surface area contributed by atoms with Gasteiger partial charge in [0.1, 0.15) is 16.2 Å². The Morgan fingerprint density at radius 1 is 1.11 bits per heavy atom. The molecule has 0 radical (unpaired) electrons. The molecule has 4 aromatic rings. The van der Waals surface area contributed by atoms with Crippen LogP contribution >= 0.6 is 11.3 Å². The fourth-order valence-corrected chi connectivity index (χ4v) is 4.75. The first-order valence-electron chi connectivity index (χ1n) is 9.05. The molecule has 6 heteroatoms. The van der Waals surface area contributed by atoms with Gasteiger partial charge in [0, 0.05) is 18.9 Å². The second-order valence-corrected chi connectivity index (χ2v) is 8.06. The number of imidazole rings is 1. The van der Waals surface area contributed by atoms with E-state index in [-0.39, 0.29) is 5.82 Å². The molecule has 4 nitrogen and oxygen atoms in total. The summed E-state index contributed by atoms with van der Waals surface area (Å²) >= 11 is 1.57. The Kier molecular flexibility index (Phi) is 3.84. The minimum absolute atomic E-state index is 0.265. The van der Waals surface area contributed by atoms with Crippen LogP contribution in [0.5, 0.6) is 0 Å². The number of nitrogens with one attached hydrogen (secondary N) is 1. The van der Waals surface area contributed by atoms with E-state index in [2.05, 4.69) is 27.4 Å². The van der Waals surface area contributed by atoms with Gasteiger partial charge < -0.3 is 9.72 Å². The third kappa shape index (κ3) is 2.85. The standard InChI is InChI=1S/C21H19FN4S/c1-12-7-16(11-26-10-13(2)24-20(12)26)15-8-17(22)19-18(9-15)27-21(25-19)14-3-5-23-6-4-14/h3,7-11,23H,4-6H2,1-2H3. The number of hydrogen-bond donors (Lipinski definition) is 1. The maximum atomic E-state index is 14.8. The molecule has 0 unspecified atom stereocenters. The SMILES string of the molecule is Cc1cn2cc(-c3cc(F)c4nc(C5=CCNCC5)sc4c3)cc(C)c2n1. The molecule has 0 saturated heterocycles. The lowest BCUT2D eigenvalue weighted by atomic mass is 10.1. The summed E-state index contributed by atoms with van der Waals surface area (Å²) < 4.78 is 17.7. The van der Waals surface area contributed by atoms with Gasteiger partial charge in [0.05, 0.1) is 10.4 Å². The number of pyridine rings is 1. The number of aromatic nitrogens is 3. The lowest BCUT2D eigenvalue weighted by molar-refractivity contribution is 0.637. The van der Waals surface area contributed by atoms with Gasteiger partial charge in [-0.15, -0.1) is 11.3 Å². The molecule has 0 aliphatic carbocycles. The van der Waals surface area contributed by atoms with E-state index in [1.54, 1.807) is 17.4 Å². The van der Waals surface area contributed by atoms with Gasteiger partial charge in [0.2, 0.25) is 0 Å². The number of nitrogens with zero attached hydrogens (tertiary/aromatic N) is 3. The molecule has 0 spiro atoms. The Hall–Kier alpha value is -2.57. The molecule has 1 aliphatic rings. The van der Waals surface area contributed by atoms with Crippen LogP contribution in [0.1, 0.15) is 22.7 Å². The number of fused-ring (bicyclic) bond motifs is 2. The van der Waals surface area contributed by atoms with Crippen molar-refractivity contribution in [3.63, 3.8) is 0 Å². The van der Waals surface area contributed by atoms with Crippen LogP contribution in [0.25, 0.3) is 32.6 Å². The molecular formula is C21H19FN4S. The lowest BCUT2D eigenvalue weighted by Gasteiger charge is -2.10. The minimum Gasteiger partial charge on any atom is -0.313 e. The van der Waals surface area contributed by atoms with Crippen molar-refractivity contribution in [2.45, 2.75) is 20.3 Å². The number of rotatable bonds is 2. The van der Waals surface area contributed by atoms with Crippen molar-refractivity contribution < 1.29 is 4.39 Å². The third-order valence-corrected chi connectivity index (χ3v) is 6.05. The molecule has 1 aromatic carbocycles. The molecule has 1 aliphatic heterocycles. The fraction of sp³-hybridized carbons (Fsp3) is 0.238. The molecule has 0 amide bonds. The quantitative estimate of drug-likeness (QED) is 0.548. The maximum absolute atomic E-state index is 14.8. The highest BCUT2D eigenvalue weighted by atomic mass is 32.1. The van der Waals surface area contributed by atoms with Crippen LogP contribution in [-0.2, 0) is 0 Å². The molecule has 27 heavy (non-hydrogen) atoms. The zero-order valence-corrected chi connectivity index (χ0v) is 16.0. The lowest BCUT2D eigenvalue weighted by Crippen LogP contribution is -2.19. The second-order valence-electron chi connectivity index (χ2n) is 7.03. The first-order valence-corrected chi connectivity index (χ1v) is 9.87. The van der Waals surface area contributed by atoms with Crippen molar-refractivity contribution >= 4 is 32.8 Å². The van der Waals surface area contributed by atoms with Crippen LogP contribution in [-0.4, -0.2) is 27.5 Å². The molecule has 0 atom stereocenters. The van der Waals surface area contributed by atoms with Crippen LogP contribution in [0.3, 0.4) is 0 Å². The summed E-state index contributed by atoms with van der Waals surface area (Å²) in [6, 6.07) is 5.71. The first kappa shape index (κ1) is 16.6. The fourth-order valence-electron chi connectivity index (χ4n) is 3.66. The van der Waals surface area contributed by atoms with Gasteiger partial charge in [-0.25, -0.2) is 14.4 Å². The number of benzene rings is 1. The van der Waals surface area contributed by atoms with Crippen LogP contribution in [0, 0.1) is 19.7 Å². The average Bonchev–Trinajstić information content (AvgIpc) is 3.26. The molecule has 5 rings (SSSR count). The Morgan fingerprint density at radius 3 is 2.81 bits per heavy atom. The van der Waals surface area contributed by atoms with E-state index in [4.69, 9.17) is 0 Å². The Morgan fingerprint density at radius 2 is 2.00 bits per heavy atom. The maximum Gasteiger partial charge on any atom is 0.150 e. The van der Waals surface area contributed by atoms with Crippen LogP contribution < -0.4 is 5.32 Å². The summed E-state index contributed by atoms with van der Waals surface area (Å²) in [6.07, 6.45) is 7.10. The van der Waals surface area contributed by atoms with Gasteiger partial charge in [0.15, 0.2) is 5.82 Å². The zero-order chi connectivity index (χ0) is 18.5. The van der Waals surface area contributed by atoms with E-state index < -0.39 is 0 Å². The summed E-state index contributed by atoms with van der Waals surface area (Å²) in [5.74, 6) is -0.265. The normalized spacial score (nSPS) is 14.9. The molecule has 0 bridgehead atoms. The van der Waals surface area contributed by atoms with E-state index in [0.29, 0.717) is 5.52 Å². The van der Waals surface area contributed by atoms with Gasteiger partial charge in [-0.1, -0.05) is 6.08 Å². The van der Waals surface area contributed by atoms with Crippen molar-refractivity contribution in [3.8, 4) is 11.1 Å². The number of hydrogen-bond acceptors (Lipinski definition) is 4. The van der Waals surface area contributed by atoms with E-state index in [1.165, 1.54) is 5.57 Å². The summed E-state index contributed by atoms with van der Waals surface area (Å²) in [5.41, 5.74) is 6.51. The minimum atomic E-state index is -0.265. The summed E-state index contributed by atoms with van der Waals surface area (Å²) in [5, 5.41) is 4.23. The van der Waals surface area contributed by atoms with Gasteiger partial charge in [-0.3, -0.25) is 0 Å². The molecule has 0 fully saturated rings. The molecular weight excluding hydrogens is 359 g/mol. The van der Waals surface area contributed by atoms with Crippen LogP contribution in [0.4, 0.5) is 4.39 Å². The van der Waals surface area contributed by atoms with Crippen LogP contribution in [0.15, 0.2) is 36.7 Å². The molecule has 0 saturated carbocycles. The summed E-state index contributed by atoms with van der Waals surface area (Å²) in [4.78, 5) is 9.11. The highest BCUT2D eigenvalue weighted by Gasteiger charge is 2.16. The predicted octanol–water partition coefficient (Wildman–Crippen LogP) is 4.74. The smallest absolute Gasteiger partial charge is 0.150 e. The predicted molar refractivity (Wildman–Crippen MR) is 109 cm³/mol. The second kappa shape index (κ2) is 6.25. The van der Waals surface area contributed by atoms with Crippen molar-refractivity contribution in [1.82, 2.24) is 19.7 Å². The van der Waals surface area contributed by atoms with Crippen molar-refractivity contribution in [2.24, 2.45) is 0 Å². The van der Waals surface area contributed by atoms with Crippen molar-refractivity contribution in [3.05, 3.63) is 58.8 Å². The van der Waals surface area contributed by atoms with Gasteiger partial charge >= 0.3 is 0 Å². The average molecular weight is 378 g/mol. The first-order chi connectivity index (χ1) is 13.1. The Balaban J connectivity index is 1.64.